The molecule has 8 nitrogen and oxygen atoms in total. The Morgan fingerprint density at radius 2 is 1.65 bits per heavy atom. The molecule has 1 spiro atoms. The number of carbonyl (C=O) groups is 2. The lowest BCUT2D eigenvalue weighted by molar-refractivity contribution is -0.134. The molecular weight excluding hydrogens is 463 g/mol. The fourth-order valence-electron chi connectivity index (χ4n) is 4.57. The Labute approximate surface area is 192 Å². The number of halogens is 2. The average molecular weight is 489 g/mol. The summed E-state index contributed by atoms with van der Waals surface area (Å²) in [7, 11) is -3.84. The largest absolute Gasteiger partial charge is 0.326 e. The van der Waals surface area contributed by atoms with Gasteiger partial charge >= 0.3 is 6.03 Å². The van der Waals surface area contributed by atoms with Crippen molar-refractivity contribution >= 4 is 45.2 Å². The summed E-state index contributed by atoms with van der Waals surface area (Å²) in [5, 5.41) is 3.09. The van der Waals surface area contributed by atoms with Crippen molar-refractivity contribution < 1.29 is 18.0 Å². The molecule has 4 rings (SSSR count). The summed E-state index contributed by atoms with van der Waals surface area (Å²) in [6, 6.07) is 4.23. The third-order valence-electron chi connectivity index (χ3n) is 6.56. The summed E-state index contributed by atoms with van der Waals surface area (Å²) in [6.45, 7) is 3.54. The van der Waals surface area contributed by atoms with Crippen LogP contribution in [0.15, 0.2) is 23.1 Å². The molecular formula is C20H26Cl2N4O4S. The maximum atomic E-state index is 13.0. The zero-order valence-electron chi connectivity index (χ0n) is 17.3. The number of amides is 3. The first-order valence-corrected chi connectivity index (χ1v) is 12.6. The zero-order chi connectivity index (χ0) is 22.4. The molecule has 0 aromatic heterocycles. The van der Waals surface area contributed by atoms with Gasteiger partial charge in [-0.15, -0.1) is 0 Å². The quantitative estimate of drug-likeness (QED) is 0.657. The van der Waals surface area contributed by atoms with Crippen LogP contribution in [0.4, 0.5) is 4.79 Å². The molecule has 0 bridgehead atoms. The summed E-state index contributed by atoms with van der Waals surface area (Å²) < 4.78 is 27.4. The van der Waals surface area contributed by atoms with E-state index in [2.05, 4.69) is 12.2 Å². The highest BCUT2D eigenvalue weighted by atomic mass is 35.5. The van der Waals surface area contributed by atoms with Gasteiger partial charge in [-0.2, -0.15) is 4.31 Å². The fourth-order valence-corrected chi connectivity index (χ4v) is 7.08. The van der Waals surface area contributed by atoms with Crippen molar-refractivity contribution in [3.8, 4) is 0 Å². The van der Waals surface area contributed by atoms with E-state index in [0.717, 1.165) is 12.8 Å². The summed E-state index contributed by atoms with van der Waals surface area (Å²) in [4.78, 5) is 28.7. The van der Waals surface area contributed by atoms with Crippen LogP contribution in [0.2, 0.25) is 10.0 Å². The minimum atomic E-state index is -3.84. The molecule has 11 heteroatoms. The molecule has 170 valence electrons. The Morgan fingerprint density at radius 3 is 2.23 bits per heavy atom. The van der Waals surface area contributed by atoms with E-state index in [4.69, 9.17) is 23.2 Å². The van der Waals surface area contributed by atoms with Crippen LogP contribution in [-0.2, 0) is 14.8 Å². The topological polar surface area (TPSA) is 90.0 Å². The van der Waals surface area contributed by atoms with E-state index in [0.29, 0.717) is 31.8 Å². The molecule has 1 N–H and O–H groups in total. The van der Waals surface area contributed by atoms with Crippen molar-refractivity contribution in [1.82, 2.24) is 19.4 Å². The van der Waals surface area contributed by atoms with Crippen molar-refractivity contribution in [2.45, 2.75) is 43.0 Å². The minimum absolute atomic E-state index is 0.0846. The van der Waals surface area contributed by atoms with Gasteiger partial charge in [0.25, 0.3) is 5.91 Å². The molecule has 2 aliphatic heterocycles. The van der Waals surface area contributed by atoms with Gasteiger partial charge in [0.05, 0.1) is 16.7 Å². The number of nitrogens with one attached hydrogen (secondary N) is 1. The number of piperazine rings is 1. The number of imide groups is 1. The van der Waals surface area contributed by atoms with E-state index >= 15 is 0 Å². The smallest absolute Gasteiger partial charge is 0.323 e. The Morgan fingerprint density at radius 1 is 1.06 bits per heavy atom. The summed E-state index contributed by atoms with van der Waals surface area (Å²) in [5.74, 6) is 0.397. The van der Waals surface area contributed by atoms with E-state index in [1.165, 1.54) is 21.3 Å². The number of rotatable bonds is 4. The third-order valence-corrected chi connectivity index (χ3v) is 9.42. The first-order valence-electron chi connectivity index (χ1n) is 10.4. The molecule has 3 amide bonds. The molecule has 3 fully saturated rings. The predicted octanol–water partition coefficient (Wildman–Crippen LogP) is 2.76. The number of benzene rings is 1. The van der Waals surface area contributed by atoms with E-state index in [-0.39, 0.29) is 46.6 Å². The van der Waals surface area contributed by atoms with Crippen molar-refractivity contribution in [2.75, 3.05) is 32.8 Å². The molecule has 1 saturated carbocycles. The van der Waals surface area contributed by atoms with Crippen molar-refractivity contribution in [3.05, 3.63) is 28.2 Å². The monoisotopic (exact) mass is 488 g/mol. The molecule has 1 aliphatic carbocycles. The number of carbonyl (C=O) groups excluding carboxylic acids is 2. The number of nitrogens with zero attached hydrogens (tertiary/aromatic N) is 3. The van der Waals surface area contributed by atoms with Crippen molar-refractivity contribution in [2.24, 2.45) is 5.92 Å². The summed E-state index contributed by atoms with van der Waals surface area (Å²) >= 11 is 12.2. The van der Waals surface area contributed by atoms with Gasteiger partial charge in [-0.25, -0.2) is 18.1 Å². The molecule has 0 atom stereocenters. The second kappa shape index (κ2) is 8.51. The first kappa shape index (κ1) is 22.8. The van der Waals surface area contributed by atoms with Crippen LogP contribution < -0.4 is 5.32 Å². The Kier molecular flexibility index (Phi) is 6.26. The minimum Gasteiger partial charge on any atom is -0.323 e. The summed E-state index contributed by atoms with van der Waals surface area (Å²) in [6.07, 6.45) is 3.17. The second-order valence-electron chi connectivity index (χ2n) is 8.64. The van der Waals surface area contributed by atoms with Gasteiger partial charge in [-0.05, 0) is 43.7 Å². The molecule has 31 heavy (non-hydrogen) atoms. The van der Waals surface area contributed by atoms with Gasteiger partial charge < -0.3 is 5.32 Å². The first-order chi connectivity index (χ1) is 14.6. The van der Waals surface area contributed by atoms with E-state index < -0.39 is 15.6 Å². The second-order valence-corrected chi connectivity index (χ2v) is 11.3. The lowest BCUT2D eigenvalue weighted by atomic mass is 9.77. The number of sulfonamides is 1. The van der Waals surface area contributed by atoms with Crippen LogP contribution in [0, 0.1) is 5.92 Å². The third kappa shape index (κ3) is 4.18. The highest BCUT2D eigenvalue weighted by Crippen LogP contribution is 2.36. The zero-order valence-corrected chi connectivity index (χ0v) is 19.6. The van der Waals surface area contributed by atoms with Crippen LogP contribution in [0.5, 0.6) is 0 Å². The lowest BCUT2D eigenvalue weighted by Gasteiger charge is -2.36. The van der Waals surface area contributed by atoms with Gasteiger partial charge in [-0.1, -0.05) is 36.2 Å². The van der Waals surface area contributed by atoms with Crippen molar-refractivity contribution in [3.63, 3.8) is 0 Å². The standard InChI is InChI=1S/C20H26Cl2N4O4S/c1-14-5-7-20(8-6-14)18(27)26(19(28)23-20)13-24-9-11-25(12-10-24)31(29,30)17-15(21)3-2-4-16(17)22/h2-4,14H,5-13H2,1H3,(H,23,28). The molecule has 1 aromatic carbocycles. The van der Waals surface area contributed by atoms with Crippen LogP contribution >= 0.6 is 23.2 Å². The van der Waals surface area contributed by atoms with Crippen molar-refractivity contribution in [1.29, 1.82) is 0 Å². The highest BCUT2D eigenvalue weighted by molar-refractivity contribution is 7.89. The maximum absolute atomic E-state index is 13.0. The van der Waals surface area contributed by atoms with Crippen LogP contribution in [0.1, 0.15) is 32.6 Å². The maximum Gasteiger partial charge on any atom is 0.326 e. The van der Waals surface area contributed by atoms with Gasteiger partial charge in [0.2, 0.25) is 10.0 Å². The fraction of sp³-hybridized carbons (Fsp3) is 0.600. The van der Waals surface area contributed by atoms with E-state index in [9.17, 15) is 18.0 Å². The molecule has 2 heterocycles. The van der Waals surface area contributed by atoms with Gasteiger partial charge in [0, 0.05) is 26.2 Å². The highest BCUT2D eigenvalue weighted by Gasteiger charge is 2.52. The van der Waals surface area contributed by atoms with Gasteiger partial charge in [-0.3, -0.25) is 9.69 Å². The van der Waals surface area contributed by atoms with Crippen LogP contribution in [0.3, 0.4) is 0 Å². The Balaban J connectivity index is 1.40. The predicted molar refractivity (Wildman–Crippen MR) is 117 cm³/mol. The molecule has 3 aliphatic rings. The van der Waals surface area contributed by atoms with Gasteiger partial charge in [0.1, 0.15) is 10.4 Å². The SMILES string of the molecule is CC1CCC2(CC1)NC(=O)N(CN1CCN(S(=O)(=O)c3c(Cl)cccc3Cl)CC1)C2=O. The molecule has 0 unspecified atom stereocenters. The Bertz CT molecular complexity index is 967. The molecule has 2 saturated heterocycles. The van der Waals surface area contributed by atoms with Crippen LogP contribution in [-0.4, -0.2) is 72.8 Å². The van der Waals surface area contributed by atoms with Gasteiger partial charge in [0.15, 0.2) is 0 Å². The normalized spacial score (nSPS) is 28.4. The number of urea groups is 1. The van der Waals surface area contributed by atoms with E-state index in [1.807, 2.05) is 4.90 Å². The Hall–Kier alpha value is -1.39. The number of hydrogen-bond donors (Lipinski definition) is 1. The van der Waals surface area contributed by atoms with E-state index in [1.54, 1.807) is 6.07 Å². The van der Waals surface area contributed by atoms with Crippen LogP contribution in [0.25, 0.3) is 0 Å². The molecule has 0 radical (unpaired) electrons. The summed E-state index contributed by atoms with van der Waals surface area (Å²) in [5.41, 5.74) is -0.768. The lowest BCUT2D eigenvalue weighted by Crippen LogP contribution is -2.53. The number of hydrogen-bond acceptors (Lipinski definition) is 5. The molecule has 1 aromatic rings. The average Bonchev–Trinajstić information content (AvgIpc) is 2.95.